The minimum Gasteiger partial charge on any atom is -0.350 e. The third-order valence-corrected chi connectivity index (χ3v) is 6.00. The van der Waals surface area contributed by atoms with E-state index in [1.807, 2.05) is 48.5 Å². The molecule has 1 atom stereocenters. The maximum absolute atomic E-state index is 12.7. The maximum atomic E-state index is 12.7. The molecule has 0 aromatic heterocycles. The number of hydrogen-bond acceptors (Lipinski definition) is 4. The van der Waals surface area contributed by atoms with E-state index in [1.165, 1.54) is 11.5 Å². The molecule has 6 nitrogen and oxygen atoms in total. The van der Waals surface area contributed by atoms with Crippen LogP contribution in [0, 0.1) is 0 Å². The zero-order valence-electron chi connectivity index (χ0n) is 21.4. The quantitative estimate of drug-likeness (QED) is 0.456. The summed E-state index contributed by atoms with van der Waals surface area (Å²) in [5.74, 6) is -0.261. The summed E-state index contributed by atoms with van der Waals surface area (Å²) in [7, 11) is 0. The summed E-state index contributed by atoms with van der Waals surface area (Å²) < 4.78 is 0. The minimum absolute atomic E-state index is 0.0298. The van der Waals surface area contributed by atoms with E-state index in [2.05, 4.69) is 17.6 Å². The largest absolute Gasteiger partial charge is 0.350 e. The number of unbranched alkanes of at least 4 members (excludes halogenated alkanes) is 2. The average molecular weight is 448 g/mol. The number of carbonyl (C=O) groups excluding carboxylic acids is 2. The van der Waals surface area contributed by atoms with Crippen LogP contribution in [0.2, 0.25) is 0 Å². The number of hydroxylamine groups is 2. The normalized spacial score (nSPS) is 18.8. The Balaban J connectivity index is 0.00000249. The summed E-state index contributed by atoms with van der Waals surface area (Å²) in [6, 6.07) is 6.90. The highest BCUT2D eigenvalue weighted by atomic mass is 16.5. The second kappa shape index (κ2) is 12.4. The number of piperidine rings is 1. The van der Waals surface area contributed by atoms with Gasteiger partial charge >= 0.3 is 0 Å². The number of nitrogens with one attached hydrogen (secondary N) is 2. The molecule has 1 fully saturated rings. The average Bonchev–Trinajstić information content (AvgIpc) is 2.73. The van der Waals surface area contributed by atoms with Crippen LogP contribution in [0.1, 0.15) is 115 Å². The lowest BCUT2D eigenvalue weighted by Crippen LogP contribution is -2.62. The fourth-order valence-electron chi connectivity index (χ4n) is 4.49. The van der Waals surface area contributed by atoms with Crippen molar-refractivity contribution in [1.82, 2.24) is 15.7 Å². The molecule has 6 heteroatoms. The summed E-state index contributed by atoms with van der Waals surface area (Å²) in [6.45, 7) is 16.1. The van der Waals surface area contributed by atoms with Gasteiger partial charge in [0, 0.05) is 34.3 Å². The zero-order valence-corrected chi connectivity index (χ0v) is 21.4. The van der Waals surface area contributed by atoms with Crippen LogP contribution in [0.3, 0.4) is 0 Å². The minimum atomic E-state index is -0.421. The van der Waals surface area contributed by atoms with Gasteiger partial charge in [-0.25, -0.2) is 0 Å². The molecule has 0 aliphatic carbocycles. The van der Waals surface area contributed by atoms with Crippen molar-refractivity contribution in [3.8, 4) is 0 Å². The highest BCUT2D eigenvalue weighted by molar-refractivity contribution is 5.98. The predicted molar refractivity (Wildman–Crippen MR) is 131 cm³/mol. The van der Waals surface area contributed by atoms with Crippen LogP contribution in [-0.4, -0.2) is 45.2 Å². The molecule has 3 N–H and O–H groups in total. The molecule has 1 unspecified atom stereocenters. The van der Waals surface area contributed by atoms with Crippen molar-refractivity contribution >= 4 is 11.8 Å². The van der Waals surface area contributed by atoms with Crippen LogP contribution in [0.5, 0.6) is 0 Å². The predicted octanol–water partition coefficient (Wildman–Crippen LogP) is 5.55. The van der Waals surface area contributed by atoms with Gasteiger partial charge in [0.1, 0.15) is 0 Å². The molecule has 1 aliphatic rings. The molecular formula is C26H45N3O3. The van der Waals surface area contributed by atoms with Crippen LogP contribution in [0.4, 0.5) is 0 Å². The van der Waals surface area contributed by atoms with Gasteiger partial charge in [0.15, 0.2) is 0 Å². The Morgan fingerprint density at radius 3 is 1.94 bits per heavy atom. The third kappa shape index (κ3) is 7.89. The Kier molecular flexibility index (Phi) is 10.9. The SMILES string of the molecule is CC.CCCCCC(C)NC(=O)c1ccc(C(=O)NC2CC(C)(C)N(O)C(C)(C)C2)cc1. The van der Waals surface area contributed by atoms with E-state index in [0.29, 0.717) is 24.0 Å². The Bertz CT molecular complexity index is 710. The molecule has 32 heavy (non-hydrogen) atoms. The lowest BCUT2D eigenvalue weighted by atomic mass is 9.79. The van der Waals surface area contributed by atoms with E-state index in [-0.39, 0.29) is 23.9 Å². The van der Waals surface area contributed by atoms with Crippen LogP contribution in [0.15, 0.2) is 24.3 Å². The van der Waals surface area contributed by atoms with Gasteiger partial charge in [-0.15, -0.1) is 0 Å². The fraction of sp³-hybridized carbons (Fsp3) is 0.692. The highest BCUT2D eigenvalue weighted by Gasteiger charge is 2.45. The lowest BCUT2D eigenvalue weighted by molar-refractivity contribution is -0.245. The van der Waals surface area contributed by atoms with Gasteiger partial charge in [-0.05, 0) is 78.1 Å². The number of benzene rings is 1. The topological polar surface area (TPSA) is 81.7 Å². The van der Waals surface area contributed by atoms with Crippen molar-refractivity contribution in [3.05, 3.63) is 35.4 Å². The van der Waals surface area contributed by atoms with Gasteiger partial charge in [0.25, 0.3) is 11.8 Å². The summed E-state index contributed by atoms with van der Waals surface area (Å²) in [5.41, 5.74) is 0.250. The van der Waals surface area contributed by atoms with E-state index in [9.17, 15) is 14.8 Å². The molecule has 0 radical (unpaired) electrons. The second-order valence-corrected chi connectivity index (χ2v) is 9.96. The van der Waals surface area contributed by atoms with Gasteiger partial charge < -0.3 is 15.8 Å². The summed E-state index contributed by atoms with van der Waals surface area (Å²) >= 11 is 0. The first-order valence-electron chi connectivity index (χ1n) is 12.2. The molecule has 1 heterocycles. The van der Waals surface area contributed by atoms with Crippen LogP contribution >= 0.6 is 0 Å². The van der Waals surface area contributed by atoms with Crippen molar-refractivity contribution in [2.24, 2.45) is 0 Å². The molecule has 2 amide bonds. The molecule has 2 rings (SSSR count). The van der Waals surface area contributed by atoms with Crippen LogP contribution in [-0.2, 0) is 0 Å². The molecule has 0 saturated carbocycles. The van der Waals surface area contributed by atoms with E-state index in [0.717, 1.165) is 19.3 Å². The first-order chi connectivity index (χ1) is 15.0. The molecule has 1 aliphatic heterocycles. The van der Waals surface area contributed by atoms with Crippen LogP contribution in [0.25, 0.3) is 0 Å². The number of hydrogen-bond donors (Lipinski definition) is 3. The van der Waals surface area contributed by atoms with Crippen molar-refractivity contribution in [2.75, 3.05) is 0 Å². The summed E-state index contributed by atoms with van der Waals surface area (Å²) in [6.07, 6.45) is 5.75. The molecule has 0 spiro atoms. The highest BCUT2D eigenvalue weighted by Crippen LogP contribution is 2.36. The first-order valence-corrected chi connectivity index (χ1v) is 12.2. The fourth-order valence-corrected chi connectivity index (χ4v) is 4.49. The molecule has 182 valence electrons. The standard InChI is InChI=1S/C24H39N3O3.C2H6/c1-7-8-9-10-17(2)25-21(28)18-11-13-19(14-12-18)22(29)26-20-15-23(3,4)27(30)24(5,6)16-20;1-2/h11-14,17,20,30H,7-10,15-16H2,1-6H3,(H,25,28)(H,26,29);1-2H3. The molecule has 1 aromatic carbocycles. The van der Waals surface area contributed by atoms with Gasteiger partial charge in [-0.2, -0.15) is 5.06 Å². The maximum Gasteiger partial charge on any atom is 0.251 e. The molecule has 0 bridgehead atoms. The van der Waals surface area contributed by atoms with Crippen molar-refractivity contribution in [1.29, 1.82) is 0 Å². The van der Waals surface area contributed by atoms with Crippen LogP contribution < -0.4 is 10.6 Å². The molecular weight excluding hydrogens is 402 g/mol. The van der Waals surface area contributed by atoms with Gasteiger partial charge in [0.05, 0.1) is 0 Å². The number of amides is 2. The number of nitrogens with zero attached hydrogens (tertiary/aromatic N) is 1. The van der Waals surface area contributed by atoms with E-state index in [4.69, 9.17) is 0 Å². The molecule has 1 aromatic rings. The Hall–Kier alpha value is -1.92. The van der Waals surface area contributed by atoms with Gasteiger partial charge in [-0.1, -0.05) is 40.0 Å². The third-order valence-electron chi connectivity index (χ3n) is 6.00. The molecule has 1 saturated heterocycles. The van der Waals surface area contributed by atoms with Crippen molar-refractivity contribution in [2.45, 2.75) is 117 Å². The number of rotatable bonds is 8. The summed E-state index contributed by atoms with van der Waals surface area (Å²) in [5, 5.41) is 17.9. The van der Waals surface area contributed by atoms with E-state index >= 15 is 0 Å². The van der Waals surface area contributed by atoms with Crippen molar-refractivity contribution in [3.63, 3.8) is 0 Å². The van der Waals surface area contributed by atoms with Gasteiger partial charge in [0.2, 0.25) is 0 Å². The lowest BCUT2D eigenvalue weighted by Gasteiger charge is -2.51. The first kappa shape index (κ1) is 28.1. The smallest absolute Gasteiger partial charge is 0.251 e. The van der Waals surface area contributed by atoms with Gasteiger partial charge in [-0.3, -0.25) is 9.59 Å². The number of carbonyl (C=O) groups is 2. The van der Waals surface area contributed by atoms with E-state index in [1.54, 1.807) is 24.3 Å². The summed E-state index contributed by atoms with van der Waals surface area (Å²) in [4.78, 5) is 25.2. The Morgan fingerprint density at radius 2 is 1.47 bits per heavy atom. The monoisotopic (exact) mass is 447 g/mol. The Morgan fingerprint density at radius 1 is 1.00 bits per heavy atom. The zero-order chi connectivity index (χ0) is 24.5. The second-order valence-electron chi connectivity index (χ2n) is 9.96. The van der Waals surface area contributed by atoms with Crippen molar-refractivity contribution < 1.29 is 14.8 Å². The van der Waals surface area contributed by atoms with E-state index < -0.39 is 11.1 Å². The Labute approximate surface area is 195 Å².